The second-order valence-electron chi connectivity index (χ2n) is 6.26. The summed E-state index contributed by atoms with van der Waals surface area (Å²) in [7, 11) is 0. The Morgan fingerprint density at radius 2 is 0.765 bits per heavy atom. The lowest BCUT2D eigenvalue weighted by Crippen LogP contribution is -2.55. The molecule has 1 rings (SSSR count). The van der Waals surface area contributed by atoms with Crippen molar-refractivity contribution < 1.29 is 71.1 Å². The number of thioether (sulfide) groups is 2. The van der Waals surface area contributed by atoms with Crippen molar-refractivity contribution in [2.45, 2.75) is 47.5 Å². The van der Waals surface area contributed by atoms with Gasteiger partial charge in [0, 0.05) is 11.5 Å². The molecule has 0 amide bonds. The number of alkyl halides is 14. The van der Waals surface area contributed by atoms with Gasteiger partial charge in [0.15, 0.2) is 0 Å². The van der Waals surface area contributed by atoms with Crippen LogP contribution in [0.3, 0.4) is 0 Å². The van der Waals surface area contributed by atoms with Crippen LogP contribution >= 0.6 is 23.5 Å². The number of hydrogen-bond acceptors (Lipinski definition) is 4. The van der Waals surface area contributed by atoms with Crippen LogP contribution in [0.5, 0.6) is 0 Å². The van der Waals surface area contributed by atoms with Crippen LogP contribution in [0, 0.1) is 0 Å². The van der Waals surface area contributed by atoms with Crippen LogP contribution in [0.2, 0.25) is 0 Å². The first-order chi connectivity index (χ1) is 15.0. The molecular formula is C16H8F14O2S2. The molecule has 0 N–H and O–H groups in total. The highest BCUT2D eigenvalue weighted by molar-refractivity contribution is 8.13. The van der Waals surface area contributed by atoms with Crippen molar-refractivity contribution in [2.75, 3.05) is 0 Å². The van der Waals surface area contributed by atoms with Gasteiger partial charge in [0.2, 0.25) is 0 Å². The monoisotopic (exact) mass is 562 g/mol. The number of halogens is 14. The Labute approximate surface area is 188 Å². The molecule has 194 valence electrons. The van der Waals surface area contributed by atoms with Gasteiger partial charge in [0.1, 0.15) is 0 Å². The van der Waals surface area contributed by atoms with E-state index in [0.29, 0.717) is 0 Å². The Kier molecular flexibility index (Phi) is 8.68. The molecule has 0 spiro atoms. The second-order valence-corrected chi connectivity index (χ2v) is 8.16. The molecule has 0 aliphatic heterocycles. The minimum Gasteiger partial charge on any atom is -0.280 e. The van der Waals surface area contributed by atoms with Crippen molar-refractivity contribution in [2.24, 2.45) is 0 Å². The second kappa shape index (κ2) is 9.73. The maximum absolute atomic E-state index is 13.2. The molecule has 1 aromatic rings. The Hall–Kier alpha value is -1.72. The van der Waals surface area contributed by atoms with E-state index in [9.17, 15) is 71.1 Å². The third-order valence-corrected chi connectivity index (χ3v) is 5.77. The Morgan fingerprint density at radius 3 is 0.971 bits per heavy atom. The van der Waals surface area contributed by atoms with Crippen molar-refractivity contribution in [1.82, 2.24) is 0 Å². The first-order valence-electron chi connectivity index (χ1n) is 8.07. The quantitative estimate of drug-likeness (QED) is 0.324. The van der Waals surface area contributed by atoms with Crippen LogP contribution in [0.4, 0.5) is 61.5 Å². The molecule has 34 heavy (non-hydrogen) atoms. The summed E-state index contributed by atoms with van der Waals surface area (Å²) in [6.07, 6.45) is -13.4. The molecule has 0 atom stereocenters. The SMILES string of the molecule is O=C(SCc1ccc(CSC(=O)C(F)(F)C(F)(F)C(F)(F)F)cc1)C(F)(F)C(F)(F)C(F)(F)F. The van der Waals surface area contributed by atoms with Crippen molar-refractivity contribution in [3.63, 3.8) is 0 Å². The highest BCUT2D eigenvalue weighted by atomic mass is 32.2. The maximum atomic E-state index is 13.2. The molecule has 0 fully saturated rings. The zero-order valence-electron chi connectivity index (χ0n) is 15.6. The molecule has 2 nitrogen and oxygen atoms in total. The van der Waals surface area contributed by atoms with Crippen LogP contribution < -0.4 is 0 Å². The highest BCUT2D eigenvalue weighted by Gasteiger charge is 2.77. The summed E-state index contributed by atoms with van der Waals surface area (Å²) in [6.45, 7) is 0. The van der Waals surface area contributed by atoms with E-state index in [0.717, 1.165) is 24.3 Å². The van der Waals surface area contributed by atoms with Crippen molar-refractivity contribution in [1.29, 1.82) is 0 Å². The first kappa shape index (κ1) is 30.3. The molecule has 0 saturated carbocycles. The Bertz CT molecular complexity index is 817. The summed E-state index contributed by atoms with van der Waals surface area (Å²) in [5, 5.41) is -5.62. The fourth-order valence-electron chi connectivity index (χ4n) is 1.82. The predicted octanol–water partition coefficient (Wildman–Crippen LogP) is 6.87. The lowest BCUT2D eigenvalue weighted by Gasteiger charge is -2.26. The third-order valence-electron chi connectivity index (χ3n) is 3.78. The molecule has 0 aliphatic carbocycles. The van der Waals surface area contributed by atoms with E-state index in [4.69, 9.17) is 0 Å². The van der Waals surface area contributed by atoms with E-state index < -0.39 is 81.3 Å². The van der Waals surface area contributed by atoms with E-state index in [-0.39, 0.29) is 11.1 Å². The van der Waals surface area contributed by atoms with Gasteiger partial charge in [-0.25, -0.2) is 0 Å². The van der Waals surface area contributed by atoms with Crippen LogP contribution in [0.25, 0.3) is 0 Å². The van der Waals surface area contributed by atoms with Gasteiger partial charge < -0.3 is 0 Å². The lowest BCUT2D eigenvalue weighted by molar-refractivity contribution is -0.341. The number of carbonyl (C=O) groups excluding carboxylic acids is 2. The molecule has 0 bridgehead atoms. The molecule has 18 heteroatoms. The molecule has 0 aliphatic rings. The van der Waals surface area contributed by atoms with Crippen LogP contribution in [-0.4, -0.2) is 46.3 Å². The molecule has 0 radical (unpaired) electrons. The standard InChI is InChI=1S/C16H8F14O2S2/c17-11(18,13(21,22)15(25,26)27)9(31)33-5-7-1-2-8(4-3-7)6-34-10(32)12(19,20)14(23,24)16(28,29)30/h1-4H,5-6H2. The summed E-state index contributed by atoms with van der Waals surface area (Å²) in [4.78, 5) is 22.4. The normalized spacial score (nSPS) is 14.3. The minimum absolute atomic E-state index is 0.140. The summed E-state index contributed by atoms with van der Waals surface area (Å²) in [6, 6.07) is 3.68. The van der Waals surface area contributed by atoms with E-state index in [1.807, 2.05) is 0 Å². The van der Waals surface area contributed by atoms with Crippen LogP contribution in [0.15, 0.2) is 24.3 Å². The molecule has 1 aromatic carbocycles. The number of carbonyl (C=O) groups is 2. The van der Waals surface area contributed by atoms with E-state index in [2.05, 4.69) is 0 Å². The zero-order valence-corrected chi connectivity index (χ0v) is 17.3. The average molecular weight is 562 g/mol. The summed E-state index contributed by atoms with van der Waals surface area (Å²) in [5.41, 5.74) is -0.281. The van der Waals surface area contributed by atoms with E-state index >= 15 is 0 Å². The van der Waals surface area contributed by atoms with Crippen molar-refractivity contribution in [3.05, 3.63) is 35.4 Å². The number of benzene rings is 1. The van der Waals surface area contributed by atoms with Crippen molar-refractivity contribution >= 4 is 33.8 Å². The topological polar surface area (TPSA) is 34.1 Å². The first-order valence-corrected chi connectivity index (χ1v) is 10.0. The zero-order chi connectivity index (χ0) is 27.0. The van der Waals surface area contributed by atoms with Crippen LogP contribution in [-0.2, 0) is 21.1 Å². The van der Waals surface area contributed by atoms with Gasteiger partial charge in [0.25, 0.3) is 10.2 Å². The van der Waals surface area contributed by atoms with Gasteiger partial charge in [-0.15, -0.1) is 0 Å². The third kappa shape index (κ3) is 5.91. The molecule has 0 saturated heterocycles. The summed E-state index contributed by atoms with van der Waals surface area (Å²) in [5.74, 6) is -27.2. The Morgan fingerprint density at radius 1 is 0.529 bits per heavy atom. The number of rotatable bonds is 8. The smallest absolute Gasteiger partial charge is 0.280 e. The fraction of sp³-hybridized carbons (Fsp3) is 0.500. The van der Waals surface area contributed by atoms with Gasteiger partial charge in [-0.3, -0.25) is 9.59 Å². The fourth-order valence-corrected chi connectivity index (χ4v) is 3.42. The van der Waals surface area contributed by atoms with Crippen molar-refractivity contribution in [3.8, 4) is 0 Å². The molecule has 0 aromatic heterocycles. The number of hydrogen-bond donors (Lipinski definition) is 0. The predicted molar refractivity (Wildman–Crippen MR) is 90.9 cm³/mol. The average Bonchev–Trinajstić information content (AvgIpc) is 2.68. The minimum atomic E-state index is -6.72. The largest absolute Gasteiger partial charge is 0.460 e. The molecular weight excluding hydrogens is 554 g/mol. The summed E-state index contributed by atoms with van der Waals surface area (Å²) < 4.78 is 177. The van der Waals surface area contributed by atoms with Crippen LogP contribution in [0.1, 0.15) is 11.1 Å². The summed E-state index contributed by atoms with van der Waals surface area (Å²) >= 11 is -1.21. The van der Waals surface area contributed by atoms with Gasteiger partial charge >= 0.3 is 36.0 Å². The maximum Gasteiger partial charge on any atom is 0.460 e. The van der Waals surface area contributed by atoms with Gasteiger partial charge in [-0.05, 0) is 11.1 Å². The van der Waals surface area contributed by atoms with Gasteiger partial charge in [0.05, 0.1) is 0 Å². The molecule has 0 heterocycles. The Balaban J connectivity index is 2.78. The van der Waals surface area contributed by atoms with Gasteiger partial charge in [-0.1, -0.05) is 47.8 Å². The van der Waals surface area contributed by atoms with E-state index in [1.54, 1.807) is 0 Å². The van der Waals surface area contributed by atoms with Gasteiger partial charge in [-0.2, -0.15) is 61.5 Å². The lowest BCUT2D eigenvalue weighted by atomic mass is 10.2. The highest BCUT2D eigenvalue weighted by Crippen LogP contribution is 2.49. The van der Waals surface area contributed by atoms with E-state index in [1.165, 1.54) is 0 Å². The molecule has 0 unspecified atom stereocenters.